The molecule has 1 unspecified atom stereocenters. The molecule has 8 nitrogen and oxygen atoms in total. The Hall–Kier alpha value is -3.07. The van der Waals surface area contributed by atoms with Crippen LogP contribution in [0.25, 0.3) is 0 Å². The number of hydrogen-bond acceptors (Lipinski definition) is 8. The Bertz CT molecular complexity index is 937. The van der Waals surface area contributed by atoms with E-state index in [2.05, 4.69) is 5.32 Å². The number of ether oxygens (including phenoxy) is 4. The average Bonchev–Trinajstić information content (AvgIpc) is 3.04. The van der Waals surface area contributed by atoms with Crippen molar-refractivity contribution in [3.05, 3.63) is 40.3 Å². The maximum atomic E-state index is 12.7. The molecular weight excluding hydrogens is 398 g/mol. The summed E-state index contributed by atoms with van der Waals surface area (Å²) in [5.41, 5.74) is 0.527. The molecule has 29 heavy (non-hydrogen) atoms. The first-order valence-corrected chi connectivity index (χ1v) is 9.94. The van der Waals surface area contributed by atoms with E-state index in [9.17, 15) is 14.4 Å². The summed E-state index contributed by atoms with van der Waals surface area (Å²) in [4.78, 5) is 37.6. The maximum absolute atomic E-state index is 12.7. The Morgan fingerprint density at radius 1 is 1.10 bits per heavy atom. The molecule has 1 atom stereocenters. The molecule has 2 aromatic rings. The Balaban J connectivity index is 1.85. The number of hydrogen-bond donors (Lipinski definition) is 1. The molecule has 0 spiro atoms. The molecule has 0 aliphatic carbocycles. The fourth-order valence-corrected chi connectivity index (χ4v) is 3.87. The minimum Gasteiger partial charge on any atom is -0.485 e. The molecule has 1 aromatic heterocycles. The molecule has 0 saturated carbocycles. The lowest BCUT2D eigenvalue weighted by atomic mass is 10.1. The normalized spacial score (nSPS) is 14.8. The van der Waals surface area contributed by atoms with E-state index in [4.69, 9.17) is 18.9 Å². The maximum Gasteiger partial charge on any atom is 0.348 e. The highest BCUT2D eigenvalue weighted by molar-refractivity contribution is 7.18. The van der Waals surface area contributed by atoms with Crippen molar-refractivity contribution in [1.29, 1.82) is 0 Å². The minimum atomic E-state index is -0.909. The number of benzene rings is 1. The van der Waals surface area contributed by atoms with E-state index >= 15 is 0 Å². The van der Waals surface area contributed by atoms with Crippen LogP contribution >= 0.6 is 11.3 Å². The standard InChI is InChI=1S/C20H21NO7S/c1-4-25-19(23)15-11(3)16(20(24)26-5-2)29-18(15)21-17(22)14-10-27-12-8-6-7-9-13(12)28-14/h6-9,14H,4-5,10H2,1-3H3,(H,21,22). The van der Waals surface area contributed by atoms with Crippen LogP contribution in [0.4, 0.5) is 5.00 Å². The Kier molecular flexibility index (Phi) is 6.38. The van der Waals surface area contributed by atoms with Crippen LogP contribution in [0.1, 0.15) is 39.4 Å². The fourth-order valence-electron chi connectivity index (χ4n) is 2.78. The van der Waals surface area contributed by atoms with Gasteiger partial charge in [0.2, 0.25) is 6.10 Å². The predicted octanol–water partition coefficient (Wildman–Crippen LogP) is 3.19. The number of para-hydroxylation sites is 2. The van der Waals surface area contributed by atoms with Crippen LogP contribution in [0.15, 0.2) is 24.3 Å². The van der Waals surface area contributed by atoms with Gasteiger partial charge < -0.3 is 24.3 Å². The molecule has 1 aromatic carbocycles. The SMILES string of the molecule is CCOC(=O)c1sc(NC(=O)C2COc3ccccc3O2)c(C(=O)OCC)c1C. The van der Waals surface area contributed by atoms with E-state index in [1.54, 1.807) is 45.0 Å². The van der Waals surface area contributed by atoms with Gasteiger partial charge in [0.05, 0.1) is 18.8 Å². The van der Waals surface area contributed by atoms with Crippen LogP contribution in [-0.2, 0) is 14.3 Å². The number of carbonyl (C=O) groups is 3. The summed E-state index contributed by atoms with van der Waals surface area (Å²) in [6, 6.07) is 7.03. The lowest BCUT2D eigenvalue weighted by molar-refractivity contribution is -0.125. The van der Waals surface area contributed by atoms with Crippen molar-refractivity contribution in [2.45, 2.75) is 26.9 Å². The van der Waals surface area contributed by atoms with Crippen LogP contribution in [0.5, 0.6) is 11.5 Å². The minimum absolute atomic E-state index is 0.0205. The Morgan fingerprint density at radius 2 is 1.76 bits per heavy atom. The average molecular weight is 419 g/mol. The summed E-state index contributed by atoms with van der Waals surface area (Å²) in [6.07, 6.45) is -0.909. The molecule has 3 rings (SSSR count). The predicted molar refractivity (Wildman–Crippen MR) is 106 cm³/mol. The van der Waals surface area contributed by atoms with Crippen molar-refractivity contribution >= 4 is 34.2 Å². The van der Waals surface area contributed by atoms with Crippen LogP contribution < -0.4 is 14.8 Å². The number of nitrogens with one attached hydrogen (secondary N) is 1. The zero-order chi connectivity index (χ0) is 21.0. The highest BCUT2D eigenvalue weighted by Crippen LogP contribution is 2.35. The van der Waals surface area contributed by atoms with E-state index in [1.165, 1.54) is 0 Å². The molecule has 2 heterocycles. The molecular formula is C20H21NO7S. The molecule has 0 fully saturated rings. The summed E-state index contributed by atoms with van der Waals surface area (Å²) in [5, 5.41) is 2.88. The first-order chi connectivity index (χ1) is 14.0. The second-order valence-electron chi connectivity index (χ2n) is 6.05. The zero-order valence-electron chi connectivity index (χ0n) is 16.3. The summed E-state index contributed by atoms with van der Waals surface area (Å²) < 4.78 is 21.4. The van der Waals surface area contributed by atoms with Gasteiger partial charge in [-0.1, -0.05) is 12.1 Å². The van der Waals surface area contributed by atoms with Crippen molar-refractivity contribution in [3.63, 3.8) is 0 Å². The van der Waals surface area contributed by atoms with Crippen LogP contribution in [0.3, 0.4) is 0 Å². The third kappa shape index (κ3) is 4.34. The second-order valence-corrected chi connectivity index (χ2v) is 7.08. The zero-order valence-corrected chi connectivity index (χ0v) is 17.1. The number of thiophene rings is 1. The number of rotatable bonds is 6. The molecule has 1 aliphatic rings. The summed E-state index contributed by atoms with van der Waals surface area (Å²) in [5.74, 6) is -0.674. The van der Waals surface area contributed by atoms with E-state index in [-0.39, 0.29) is 35.3 Å². The number of amides is 1. The van der Waals surface area contributed by atoms with Gasteiger partial charge in [-0.3, -0.25) is 4.79 Å². The summed E-state index contributed by atoms with van der Waals surface area (Å²) >= 11 is 0.963. The number of fused-ring (bicyclic) bond motifs is 1. The van der Waals surface area contributed by atoms with Crippen LogP contribution in [-0.4, -0.2) is 43.8 Å². The van der Waals surface area contributed by atoms with E-state index in [0.717, 1.165) is 11.3 Å². The van der Waals surface area contributed by atoms with Crippen molar-refractivity contribution in [1.82, 2.24) is 0 Å². The smallest absolute Gasteiger partial charge is 0.348 e. The molecule has 0 bridgehead atoms. The van der Waals surface area contributed by atoms with E-state index < -0.39 is 23.9 Å². The number of anilines is 1. The molecule has 1 aliphatic heterocycles. The first kappa shape index (κ1) is 20.7. The molecule has 0 saturated heterocycles. The van der Waals surface area contributed by atoms with E-state index in [1.807, 2.05) is 0 Å². The third-order valence-electron chi connectivity index (χ3n) is 4.12. The Morgan fingerprint density at radius 3 is 2.45 bits per heavy atom. The molecule has 1 N–H and O–H groups in total. The van der Waals surface area contributed by atoms with Crippen molar-refractivity contribution in [2.24, 2.45) is 0 Å². The van der Waals surface area contributed by atoms with Gasteiger partial charge in [0.1, 0.15) is 16.5 Å². The number of esters is 2. The summed E-state index contributed by atoms with van der Waals surface area (Å²) in [6.45, 7) is 5.35. The first-order valence-electron chi connectivity index (χ1n) is 9.13. The highest BCUT2D eigenvalue weighted by Gasteiger charge is 2.31. The molecule has 0 radical (unpaired) electrons. The largest absolute Gasteiger partial charge is 0.485 e. The van der Waals surface area contributed by atoms with Crippen LogP contribution in [0, 0.1) is 6.92 Å². The number of carbonyl (C=O) groups excluding carboxylic acids is 3. The summed E-state index contributed by atoms with van der Waals surface area (Å²) in [7, 11) is 0. The molecule has 9 heteroatoms. The monoisotopic (exact) mass is 419 g/mol. The third-order valence-corrected chi connectivity index (χ3v) is 5.31. The van der Waals surface area contributed by atoms with Gasteiger partial charge in [-0.05, 0) is 38.5 Å². The van der Waals surface area contributed by atoms with E-state index in [0.29, 0.717) is 17.1 Å². The lowest BCUT2D eigenvalue weighted by Gasteiger charge is -2.25. The van der Waals surface area contributed by atoms with Gasteiger partial charge in [0.25, 0.3) is 5.91 Å². The Labute approximate surface area is 171 Å². The fraction of sp³-hybridized carbons (Fsp3) is 0.350. The van der Waals surface area contributed by atoms with Gasteiger partial charge in [-0.15, -0.1) is 11.3 Å². The molecule has 154 valence electrons. The van der Waals surface area contributed by atoms with Gasteiger partial charge in [0.15, 0.2) is 11.5 Å². The molecule has 1 amide bonds. The van der Waals surface area contributed by atoms with Crippen molar-refractivity contribution in [3.8, 4) is 11.5 Å². The topological polar surface area (TPSA) is 100 Å². The van der Waals surface area contributed by atoms with Gasteiger partial charge >= 0.3 is 11.9 Å². The quantitative estimate of drug-likeness (QED) is 0.718. The second kappa shape index (κ2) is 8.95. The van der Waals surface area contributed by atoms with Crippen LogP contribution in [0.2, 0.25) is 0 Å². The lowest BCUT2D eigenvalue weighted by Crippen LogP contribution is -2.40. The highest BCUT2D eigenvalue weighted by atomic mass is 32.1. The van der Waals surface area contributed by atoms with Gasteiger partial charge in [-0.25, -0.2) is 9.59 Å². The van der Waals surface area contributed by atoms with Gasteiger partial charge in [0, 0.05) is 0 Å². The van der Waals surface area contributed by atoms with Crippen molar-refractivity contribution in [2.75, 3.05) is 25.1 Å². The van der Waals surface area contributed by atoms with Crippen molar-refractivity contribution < 1.29 is 33.3 Å². The van der Waals surface area contributed by atoms with Gasteiger partial charge in [-0.2, -0.15) is 0 Å².